The van der Waals surface area contributed by atoms with Gasteiger partial charge in [0.1, 0.15) is 16.7 Å². The molecule has 0 amide bonds. The quantitative estimate of drug-likeness (QED) is 0.581. The Hall–Kier alpha value is -1.39. The van der Waals surface area contributed by atoms with E-state index in [1.54, 1.807) is 0 Å². The smallest absolute Gasteiger partial charge is 0.416 e. The highest BCUT2D eigenvalue weighted by atomic mass is 35.5. The number of nitrogens with one attached hydrogen (secondary N) is 1. The van der Waals surface area contributed by atoms with Gasteiger partial charge in [0.05, 0.1) is 26.3 Å². The van der Waals surface area contributed by atoms with Gasteiger partial charge in [-0.1, -0.05) is 34.8 Å². The van der Waals surface area contributed by atoms with Crippen molar-refractivity contribution >= 4 is 50.5 Å². The first kappa shape index (κ1) is 23.3. The van der Waals surface area contributed by atoms with Crippen LogP contribution in [-0.4, -0.2) is 39.6 Å². The summed E-state index contributed by atoms with van der Waals surface area (Å²) in [6.45, 7) is 1.56. The lowest BCUT2D eigenvalue weighted by Gasteiger charge is -2.17. The van der Waals surface area contributed by atoms with Crippen LogP contribution in [-0.2, 0) is 16.2 Å². The van der Waals surface area contributed by atoms with Gasteiger partial charge in [0.2, 0.25) is 0 Å². The fourth-order valence-electron chi connectivity index (χ4n) is 3.01. The van der Waals surface area contributed by atoms with Crippen molar-refractivity contribution < 1.29 is 26.3 Å². The van der Waals surface area contributed by atoms with Gasteiger partial charge in [-0.2, -0.15) is 13.2 Å². The molecule has 0 saturated carbocycles. The van der Waals surface area contributed by atoms with E-state index in [4.69, 9.17) is 39.5 Å². The zero-order chi connectivity index (χ0) is 22.3. The zero-order valence-corrected chi connectivity index (χ0v) is 18.5. The lowest BCUT2D eigenvalue weighted by atomic mass is 10.2. The number of hydrogen-bond donors (Lipinski definition) is 1. The maximum atomic E-state index is 12.9. The monoisotopic (exact) mass is 502 g/mol. The van der Waals surface area contributed by atoms with Crippen molar-refractivity contribution in [1.29, 1.82) is 0 Å². The molecule has 1 aliphatic heterocycles. The maximum Gasteiger partial charge on any atom is 0.416 e. The number of nitrogens with zero attached hydrogens (tertiary/aromatic N) is 1. The molecule has 0 aliphatic carbocycles. The van der Waals surface area contributed by atoms with Crippen molar-refractivity contribution in [2.75, 3.05) is 24.9 Å². The summed E-state index contributed by atoms with van der Waals surface area (Å²) in [4.78, 5) is 1.42. The molecule has 2 aromatic carbocycles. The Labute approximate surface area is 186 Å². The Morgan fingerprint density at radius 1 is 1.10 bits per heavy atom. The lowest BCUT2D eigenvalue weighted by molar-refractivity contribution is -0.137. The summed E-state index contributed by atoms with van der Waals surface area (Å²) in [6, 6.07) is 5.25. The summed E-state index contributed by atoms with van der Waals surface area (Å²) in [5.74, 6) is 0.279. The molecular formula is C18H16Cl3F3N2O3S. The molecule has 1 atom stereocenters. The third-order valence-corrected chi connectivity index (χ3v) is 7.03. The van der Waals surface area contributed by atoms with Crippen molar-refractivity contribution in [2.45, 2.75) is 23.6 Å². The van der Waals surface area contributed by atoms with Crippen LogP contribution < -0.4 is 9.46 Å². The summed E-state index contributed by atoms with van der Waals surface area (Å²) >= 11 is 17.8. The average molecular weight is 504 g/mol. The summed E-state index contributed by atoms with van der Waals surface area (Å²) in [5.41, 5.74) is -1.06. The third-order valence-electron chi connectivity index (χ3n) is 4.42. The van der Waals surface area contributed by atoms with Crippen LogP contribution in [0.3, 0.4) is 0 Å². The number of rotatable bonds is 5. The van der Waals surface area contributed by atoms with Gasteiger partial charge in [-0.3, -0.25) is 4.72 Å². The molecule has 1 saturated heterocycles. The van der Waals surface area contributed by atoms with Gasteiger partial charge in [-0.25, -0.2) is 8.42 Å². The molecule has 5 nitrogen and oxygen atoms in total. The van der Waals surface area contributed by atoms with Crippen LogP contribution in [0.4, 0.5) is 18.9 Å². The highest BCUT2D eigenvalue weighted by molar-refractivity contribution is 7.93. The molecular weight excluding hydrogens is 488 g/mol. The number of benzene rings is 2. The molecule has 0 aromatic heterocycles. The fourth-order valence-corrected chi connectivity index (χ4v) is 5.44. The first-order valence-corrected chi connectivity index (χ1v) is 11.2. The Kier molecular flexibility index (Phi) is 6.69. The maximum absolute atomic E-state index is 12.9. The minimum atomic E-state index is -4.72. The van der Waals surface area contributed by atoms with E-state index < -0.39 is 36.7 Å². The zero-order valence-electron chi connectivity index (χ0n) is 15.4. The fraction of sp³-hybridized carbons (Fsp3) is 0.333. The first-order valence-electron chi connectivity index (χ1n) is 8.60. The number of anilines is 1. The van der Waals surface area contributed by atoms with Gasteiger partial charge in [0.15, 0.2) is 0 Å². The van der Waals surface area contributed by atoms with Crippen LogP contribution in [0.5, 0.6) is 5.75 Å². The number of alkyl halides is 3. The Morgan fingerprint density at radius 3 is 2.27 bits per heavy atom. The van der Waals surface area contributed by atoms with Crippen molar-refractivity contribution in [3.8, 4) is 5.75 Å². The lowest BCUT2D eigenvalue weighted by Crippen LogP contribution is -2.21. The number of ether oxygens (including phenoxy) is 1. The Morgan fingerprint density at radius 2 is 1.73 bits per heavy atom. The number of sulfonamides is 1. The second-order valence-electron chi connectivity index (χ2n) is 6.81. The first-order chi connectivity index (χ1) is 13.9. The largest absolute Gasteiger partial charge is 0.487 e. The molecule has 0 bridgehead atoms. The van der Waals surface area contributed by atoms with Gasteiger partial charge >= 0.3 is 6.18 Å². The van der Waals surface area contributed by atoms with Gasteiger partial charge in [0.25, 0.3) is 10.0 Å². The van der Waals surface area contributed by atoms with Gasteiger partial charge < -0.3 is 9.64 Å². The second-order valence-corrected chi connectivity index (χ2v) is 9.65. The van der Waals surface area contributed by atoms with Crippen LogP contribution in [0.2, 0.25) is 15.1 Å². The molecule has 0 unspecified atom stereocenters. The van der Waals surface area contributed by atoms with Gasteiger partial charge in [-0.15, -0.1) is 0 Å². The van der Waals surface area contributed by atoms with Crippen LogP contribution >= 0.6 is 34.8 Å². The Balaban J connectivity index is 1.88. The summed E-state index contributed by atoms with van der Waals surface area (Å²) < 4.78 is 72.2. The highest BCUT2D eigenvalue weighted by Crippen LogP contribution is 2.39. The average Bonchev–Trinajstić information content (AvgIpc) is 3.01. The number of halogens is 6. The van der Waals surface area contributed by atoms with Crippen molar-refractivity contribution in [3.05, 3.63) is 51.0 Å². The number of hydrogen-bond acceptors (Lipinski definition) is 4. The van der Waals surface area contributed by atoms with E-state index in [2.05, 4.69) is 9.62 Å². The number of likely N-dealkylation sites (tertiary alicyclic amines) is 1. The van der Waals surface area contributed by atoms with Gasteiger partial charge in [-0.05, 0) is 37.7 Å². The minimum absolute atomic E-state index is 0.0905. The predicted molar refractivity (Wildman–Crippen MR) is 110 cm³/mol. The molecule has 164 valence electrons. The molecule has 30 heavy (non-hydrogen) atoms. The molecule has 0 spiro atoms. The van der Waals surface area contributed by atoms with E-state index >= 15 is 0 Å². The van der Waals surface area contributed by atoms with E-state index in [0.717, 1.165) is 13.0 Å². The normalized spacial score (nSPS) is 17.9. The summed E-state index contributed by atoms with van der Waals surface area (Å²) in [6.07, 6.45) is -4.03. The molecule has 1 fully saturated rings. The van der Waals surface area contributed by atoms with E-state index in [9.17, 15) is 21.6 Å². The van der Waals surface area contributed by atoms with Crippen molar-refractivity contribution in [1.82, 2.24) is 4.90 Å². The minimum Gasteiger partial charge on any atom is -0.487 e. The van der Waals surface area contributed by atoms with E-state index in [-0.39, 0.29) is 22.6 Å². The van der Waals surface area contributed by atoms with Gasteiger partial charge in [0, 0.05) is 19.2 Å². The van der Waals surface area contributed by atoms with Crippen LogP contribution in [0.1, 0.15) is 12.0 Å². The molecule has 12 heteroatoms. The van der Waals surface area contributed by atoms with E-state index in [0.29, 0.717) is 18.7 Å². The summed E-state index contributed by atoms with van der Waals surface area (Å²) in [7, 11) is -2.44. The highest BCUT2D eigenvalue weighted by Gasteiger charge is 2.34. The van der Waals surface area contributed by atoms with Crippen LogP contribution in [0, 0.1) is 0 Å². The predicted octanol–water partition coefficient (Wildman–Crippen LogP) is 5.55. The topological polar surface area (TPSA) is 58.6 Å². The molecule has 1 heterocycles. The van der Waals surface area contributed by atoms with Crippen molar-refractivity contribution in [2.24, 2.45) is 0 Å². The molecule has 1 aliphatic rings. The number of likely N-dealkylation sites (N-methyl/N-ethyl adjacent to an activating group) is 1. The third kappa shape index (κ3) is 5.26. The van der Waals surface area contributed by atoms with E-state index in [1.165, 1.54) is 18.2 Å². The standard InChI is InChI=1S/C18H16Cl3F3N2O3S/c1-26-5-4-12(9-26)29-16-8-11(2-3-13(16)19)25-30(27,28)17-14(20)6-10(7-15(17)21)18(22,23)24/h2-3,6-8,12,25H,4-5,9H2,1H3/t12-/m1/s1. The Bertz CT molecular complexity index is 1040. The molecule has 2 aromatic rings. The van der Waals surface area contributed by atoms with Crippen LogP contribution in [0.15, 0.2) is 35.2 Å². The van der Waals surface area contributed by atoms with Crippen LogP contribution in [0.25, 0.3) is 0 Å². The SMILES string of the molecule is CN1CC[C@@H](Oc2cc(NS(=O)(=O)c3c(Cl)cc(C(F)(F)F)cc3Cl)ccc2Cl)C1. The molecule has 1 N–H and O–H groups in total. The van der Waals surface area contributed by atoms with Crippen molar-refractivity contribution in [3.63, 3.8) is 0 Å². The molecule has 3 rings (SSSR count). The summed E-state index contributed by atoms with van der Waals surface area (Å²) in [5, 5.41) is -1.01. The second kappa shape index (κ2) is 8.63. The van der Waals surface area contributed by atoms with E-state index in [1.807, 2.05) is 7.05 Å². The molecule has 0 radical (unpaired) electrons.